The number of hydrogen-bond acceptors (Lipinski definition) is 2. The Morgan fingerprint density at radius 3 is 2.20 bits per heavy atom. The highest BCUT2D eigenvalue weighted by Gasteiger charge is 2.39. The van der Waals surface area contributed by atoms with Crippen molar-refractivity contribution >= 4 is 0 Å². The number of aliphatic hydroxyl groups excluding tert-OH is 1. The molecule has 0 bridgehead atoms. The normalized spacial score (nSPS) is 25.3. The van der Waals surface area contributed by atoms with Crippen molar-refractivity contribution in [3.8, 4) is 0 Å². The molecular weight excluding hydrogens is 188 g/mol. The summed E-state index contributed by atoms with van der Waals surface area (Å²) in [4.78, 5) is 0. The van der Waals surface area contributed by atoms with E-state index in [0.717, 1.165) is 0 Å². The number of ether oxygens (including phenoxy) is 1. The van der Waals surface area contributed by atoms with Gasteiger partial charge in [-0.25, -0.2) is 0 Å². The van der Waals surface area contributed by atoms with E-state index in [2.05, 4.69) is 45.0 Å². The highest BCUT2D eigenvalue weighted by Crippen LogP contribution is 2.38. The summed E-state index contributed by atoms with van der Waals surface area (Å²) in [6.45, 7) is 6.72. The summed E-state index contributed by atoms with van der Waals surface area (Å²) in [6, 6.07) is 8.48. The van der Waals surface area contributed by atoms with E-state index in [9.17, 15) is 0 Å². The molecule has 1 N–H and O–H groups in total. The lowest BCUT2D eigenvalue weighted by atomic mass is 9.86. The van der Waals surface area contributed by atoms with Gasteiger partial charge in [0.25, 0.3) is 0 Å². The predicted molar refractivity (Wildman–Crippen MR) is 59.8 cm³/mol. The predicted octanol–water partition coefficient (Wildman–Crippen LogP) is 2.42. The fourth-order valence-corrected chi connectivity index (χ4v) is 1.75. The second-order valence-electron chi connectivity index (χ2n) is 5.15. The fraction of sp³-hybridized carbons (Fsp3) is 0.538. The third kappa shape index (κ3) is 2.21. The minimum atomic E-state index is 0.0190. The summed E-state index contributed by atoms with van der Waals surface area (Å²) >= 11 is 0. The first-order chi connectivity index (χ1) is 7.02. The zero-order valence-electron chi connectivity index (χ0n) is 9.53. The number of benzene rings is 1. The smallest absolute Gasteiger partial charge is 0.112 e. The quantitative estimate of drug-likeness (QED) is 0.754. The van der Waals surface area contributed by atoms with Crippen LogP contribution in [0.4, 0.5) is 0 Å². The first-order valence-electron chi connectivity index (χ1n) is 5.39. The molecule has 2 nitrogen and oxygen atoms in total. The van der Waals surface area contributed by atoms with Gasteiger partial charge in [-0.15, -0.1) is 0 Å². The van der Waals surface area contributed by atoms with Gasteiger partial charge in [-0.3, -0.25) is 0 Å². The summed E-state index contributed by atoms with van der Waals surface area (Å²) < 4.78 is 5.33. The molecule has 0 aliphatic carbocycles. The van der Waals surface area contributed by atoms with E-state index in [1.807, 2.05) is 0 Å². The van der Waals surface area contributed by atoms with Crippen LogP contribution >= 0.6 is 0 Å². The van der Waals surface area contributed by atoms with Crippen LogP contribution in [0.2, 0.25) is 0 Å². The van der Waals surface area contributed by atoms with Crippen LogP contribution in [0, 0.1) is 0 Å². The first-order valence-corrected chi connectivity index (χ1v) is 5.39. The Hall–Kier alpha value is -0.860. The molecule has 1 aromatic rings. The summed E-state index contributed by atoms with van der Waals surface area (Å²) in [7, 11) is 0. The molecule has 0 spiro atoms. The van der Waals surface area contributed by atoms with Crippen LogP contribution in [0.15, 0.2) is 24.3 Å². The van der Waals surface area contributed by atoms with Crippen molar-refractivity contribution in [2.75, 3.05) is 6.61 Å². The monoisotopic (exact) mass is 206 g/mol. The molecule has 0 amide bonds. The van der Waals surface area contributed by atoms with Gasteiger partial charge in [-0.1, -0.05) is 45.0 Å². The number of aliphatic hydroxyl groups is 1. The highest BCUT2D eigenvalue weighted by atomic mass is 16.6. The average Bonchev–Trinajstić information content (AvgIpc) is 2.95. The zero-order valence-corrected chi connectivity index (χ0v) is 9.53. The fourth-order valence-electron chi connectivity index (χ4n) is 1.75. The largest absolute Gasteiger partial charge is 0.394 e. The van der Waals surface area contributed by atoms with Gasteiger partial charge in [0.1, 0.15) is 12.2 Å². The molecular formula is C13H18O2. The topological polar surface area (TPSA) is 32.8 Å². The molecule has 0 radical (unpaired) electrons. The average molecular weight is 206 g/mol. The van der Waals surface area contributed by atoms with Crippen LogP contribution in [0.1, 0.15) is 38.0 Å². The maximum absolute atomic E-state index is 8.90. The summed E-state index contributed by atoms with van der Waals surface area (Å²) in [5, 5.41) is 8.90. The van der Waals surface area contributed by atoms with Crippen molar-refractivity contribution in [3.63, 3.8) is 0 Å². The van der Waals surface area contributed by atoms with Crippen LogP contribution in [-0.4, -0.2) is 17.8 Å². The third-order valence-electron chi connectivity index (χ3n) is 2.87. The molecule has 2 heteroatoms. The molecule has 1 aliphatic heterocycles. The van der Waals surface area contributed by atoms with Crippen molar-refractivity contribution in [2.24, 2.45) is 0 Å². The van der Waals surface area contributed by atoms with Gasteiger partial charge in [-0.2, -0.15) is 0 Å². The molecule has 15 heavy (non-hydrogen) atoms. The lowest BCUT2D eigenvalue weighted by molar-refractivity contribution is 0.242. The standard InChI is InChI=1S/C13H18O2/c1-13(2,3)10-6-4-9(5-7-10)12-11(8-14)15-12/h4-7,11-12,14H,8H2,1-3H3. The Kier molecular flexibility index (Phi) is 2.57. The number of hydrogen-bond donors (Lipinski definition) is 1. The SMILES string of the molecule is CC(C)(C)c1ccc(C2OC2CO)cc1. The molecule has 1 heterocycles. The van der Waals surface area contributed by atoms with Crippen molar-refractivity contribution in [1.29, 1.82) is 0 Å². The van der Waals surface area contributed by atoms with Gasteiger partial charge >= 0.3 is 0 Å². The first kappa shape index (κ1) is 10.7. The molecule has 1 saturated heterocycles. The van der Waals surface area contributed by atoms with Gasteiger partial charge in [-0.05, 0) is 16.5 Å². The number of epoxide rings is 1. The maximum atomic E-state index is 8.90. The second kappa shape index (κ2) is 3.62. The second-order valence-corrected chi connectivity index (χ2v) is 5.15. The lowest BCUT2D eigenvalue weighted by Crippen LogP contribution is -2.10. The molecule has 0 aromatic heterocycles. The Balaban J connectivity index is 2.12. The van der Waals surface area contributed by atoms with E-state index >= 15 is 0 Å². The van der Waals surface area contributed by atoms with Crippen LogP contribution in [0.3, 0.4) is 0 Å². The van der Waals surface area contributed by atoms with E-state index in [-0.39, 0.29) is 24.2 Å². The van der Waals surface area contributed by atoms with Gasteiger partial charge in [0, 0.05) is 0 Å². The van der Waals surface area contributed by atoms with Crippen LogP contribution in [-0.2, 0) is 10.2 Å². The Bertz CT molecular complexity index is 335. The molecule has 2 atom stereocenters. The van der Waals surface area contributed by atoms with Crippen LogP contribution < -0.4 is 0 Å². The van der Waals surface area contributed by atoms with E-state index < -0.39 is 0 Å². The molecule has 2 unspecified atom stereocenters. The van der Waals surface area contributed by atoms with Gasteiger partial charge in [0.2, 0.25) is 0 Å². The van der Waals surface area contributed by atoms with Crippen LogP contribution in [0.5, 0.6) is 0 Å². The third-order valence-corrected chi connectivity index (χ3v) is 2.87. The Morgan fingerprint density at radius 2 is 1.80 bits per heavy atom. The highest BCUT2D eigenvalue weighted by molar-refractivity contribution is 5.30. The van der Waals surface area contributed by atoms with Gasteiger partial charge in [0.05, 0.1) is 6.61 Å². The molecule has 82 valence electrons. The zero-order chi connectivity index (χ0) is 11.1. The molecule has 2 rings (SSSR count). The van der Waals surface area contributed by atoms with Gasteiger partial charge < -0.3 is 9.84 Å². The Labute approximate surface area is 90.9 Å². The molecule has 1 aromatic carbocycles. The van der Waals surface area contributed by atoms with E-state index in [0.29, 0.717) is 0 Å². The van der Waals surface area contributed by atoms with Crippen molar-refractivity contribution in [3.05, 3.63) is 35.4 Å². The summed E-state index contributed by atoms with van der Waals surface area (Å²) in [5.74, 6) is 0. The lowest BCUT2D eigenvalue weighted by Gasteiger charge is -2.18. The minimum absolute atomic E-state index is 0.0190. The van der Waals surface area contributed by atoms with Gasteiger partial charge in [0.15, 0.2) is 0 Å². The molecule has 1 aliphatic rings. The van der Waals surface area contributed by atoms with Crippen molar-refractivity contribution in [1.82, 2.24) is 0 Å². The summed E-state index contributed by atoms with van der Waals surface area (Å²) in [6.07, 6.45) is 0.134. The maximum Gasteiger partial charge on any atom is 0.112 e. The molecule has 0 saturated carbocycles. The summed E-state index contributed by atoms with van der Waals surface area (Å²) in [5.41, 5.74) is 2.69. The Morgan fingerprint density at radius 1 is 1.20 bits per heavy atom. The number of rotatable bonds is 2. The van der Waals surface area contributed by atoms with E-state index in [1.165, 1.54) is 11.1 Å². The van der Waals surface area contributed by atoms with Crippen LogP contribution in [0.25, 0.3) is 0 Å². The van der Waals surface area contributed by atoms with Crippen molar-refractivity contribution in [2.45, 2.75) is 38.4 Å². The van der Waals surface area contributed by atoms with E-state index in [1.54, 1.807) is 0 Å². The van der Waals surface area contributed by atoms with Crippen molar-refractivity contribution < 1.29 is 9.84 Å². The minimum Gasteiger partial charge on any atom is -0.394 e. The molecule has 1 fully saturated rings. The van der Waals surface area contributed by atoms with E-state index in [4.69, 9.17) is 9.84 Å².